The zero-order chi connectivity index (χ0) is 17.9. The van der Waals surface area contributed by atoms with E-state index in [1.807, 2.05) is 45.2 Å². The lowest BCUT2D eigenvalue weighted by Gasteiger charge is -2.20. The van der Waals surface area contributed by atoms with Crippen molar-refractivity contribution in [1.29, 1.82) is 0 Å². The minimum Gasteiger partial charge on any atom is -0.469 e. The summed E-state index contributed by atoms with van der Waals surface area (Å²) in [6.07, 6.45) is 0. The van der Waals surface area contributed by atoms with Crippen LogP contribution in [0.3, 0.4) is 0 Å². The van der Waals surface area contributed by atoms with Crippen LogP contribution in [0.5, 0.6) is 0 Å². The van der Waals surface area contributed by atoms with E-state index in [1.165, 1.54) is 14.0 Å². The van der Waals surface area contributed by atoms with Crippen LogP contribution in [0, 0.1) is 16.6 Å². The van der Waals surface area contributed by atoms with Gasteiger partial charge < -0.3 is 15.8 Å². The second kappa shape index (κ2) is 8.89. The van der Waals surface area contributed by atoms with E-state index in [2.05, 4.69) is 32.6 Å². The smallest absolute Gasteiger partial charge is 0.310 e. The summed E-state index contributed by atoms with van der Waals surface area (Å²) in [6.45, 7) is 2.95. The van der Waals surface area contributed by atoms with Crippen molar-refractivity contribution in [3.8, 4) is 0 Å². The number of halogens is 3. The van der Waals surface area contributed by atoms with Gasteiger partial charge in [0.05, 0.1) is 24.8 Å². The van der Waals surface area contributed by atoms with Gasteiger partial charge in [0.2, 0.25) is 5.91 Å². The van der Waals surface area contributed by atoms with Crippen LogP contribution in [-0.4, -0.2) is 30.8 Å². The lowest BCUT2D eigenvalue weighted by atomic mass is 9.94. The van der Waals surface area contributed by atoms with Crippen LogP contribution in [0.25, 0.3) is 0 Å². The SMILES string of the molecule is COC(=O)C(C)C(N)C(=O)c1c(I)cc(I)c(NC(C)=O)c1I. The number of esters is 1. The molecule has 2 atom stereocenters. The summed E-state index contributed by atoms with van der Waals surface area (Å²) in [7, 11) is 1.25. The van der Waals surface area contributed by atoms with Gasteiger partial charge >= 0.3 is 5.97 Å². The summed E-state index contributed by atoms with van der Waals surface area (Å²) >= 11 is 6.14. The van der Waals surface area contributed by atoms with Crippen LogP contribution in [0.15, 0.2) is 6.07 Å². The first-order valence-corrected chi connectivity index (χ1v) is 9.68. The van der Waals surface area contributed by atoms with E-state index in [0.717, 1.165) is 3.57 Å². The number of ether oxygens (including phenoxy) is 1. The standard InChI is InChI=1S/C14H15I3N2O4/c1-5(14(22)23-3)11(18)13(21)9-7(15)4-8(16)12(10(9)17)19-6(2)20/h4-5,11H,18H2,1-3H3,(H,19,20). The van der Waals surface area contributed by atoms with Gasteiger partial charge in [0.1, 0.15) is 0 Å². The molecule has 23 heavy (non-hydrogen) atoms. The van der Waals surface area contributed by atoms with Crippen molar-refractivity contribution in [2.75, 3.05) is 12.4 Å². The predicted octanol–water partition coefficient (Wildman–Crippen LogP) is 2.78. The highest BCUT2D eigenvalue weighted by molar-refractivity contribution is 14.1. The van der Waals surface area contributed by atoms with Crippen LogP contribution in [-0.2, 0) is 14.3 Å². The molecule has 1 rings (SSSR count). The van der Waals surface area contributed by atoms with Crippen LogP contribution in [0.4, 0.5) is 5.69 Å². The molecule has 3 N–H and O–H groups in total. The molecule has 1 aromatic rings. The van der Waals surface area contributed by atoms with Crippen molar-refractivity contribution in [3.05, 3.63) is 22.3 Å². The van der Waals surface area contributed by atoms with Gasteiger partial charge in [0.25, 0.3) is 0 Å². The molecule has 0 aliphatic carbocycles. The number of carbonyl (C=O) groups excluding carboxylic acids is 3. The highest BCUT2D eigenvalue weighted by Crippen LogP contribution is 2.33. The Bertz CT molecular complexity index is 664. The Balaban J connectivity index is 3.34. The third-order valence-electron chi connectivity index (χ3n) is 3.13. The van der Waals surface area contributed by atoms with E-state index >= 15 is 0 Å². The number of methoxy groups -OCH3 is 1. The minimum absolute atomic E-state index is 0.229. The lowest BCUT2D eigenvalue weighted by molar-refractivity contribution is -0.145. The van der Waals surface area contributed by atoms with Gasteiger partial charge in [-0.2, -0.15) is 0 Å². The summed E-state index contributed by atoms with van der Waals surface area (Å²) in [4.78, 5) is 35.7. The topological polar surface area (TPSA) is 98.5 Å². The Kier molecular flexibility index (Phi) is 8.13. The second-order valence-corrected chi connectivity index (χ2v) is 8.19. The van der Waals surface area contributed by atoms with E-state index < -0.39 is 17.9 Å². The largest absolute Gasteiger partial charge is 0.469 e. The van der Waals surface area contributed by atoms with Crippen LogP contribution >= 0.6 is 67.8 Å². The molecule has 0 spiro atoms. The number of ketones is 1. The van der Waals surface area contributed by atoms with Crippen molar-refractivity contribution in [2.24, 2.45) is 11.7 Å². The molecular formula is C14H15I3N2O4. The molecule has 0 aliphatic heterocycles. The first-order chi connectivity index (χ1) is 10.6. The monoisotopic (exact) mass is 656 g/mol. The summed E-state index contributed by atoms with van der Waals surface area (Å²) in [5.41, 5.74) is 6.92. The number of benzene rings is 1. The van der Waals surface area contributed by atoms with Gasteiger partial charge in [-0.1, -0.05) is 0 Å². The van der Waals surface area contributed by atoms with E-state index in [-0.39, 0.29) is 11.7 Å². The number of anilines is 1. The zero-order valence-corrected chi connectivity index (χ0v) is 19.0. The maximum atomic E-state index is 12.7. The lowest BCUT2D eigenvalue weighted by Crippen LogP contribution is -2.41. The molecular weight excluding hydrogens is 641 g/mol. The van der Waals surface area contributed by atoms with Crippen molar-refractivity contribution < 1.29 is 19.1 Å². The van der Waals surface area contributed by atoms with Crippen LogP contribution in [0.1, 0.15) is 24.2 Å². The Morgan fingerprint density at radius 1 is 1.22 bits per heavy atom. The number of nitrogens with one attached hydrogen (secondary N) is 1. The van der Waals surface area contributed by atoms with Gasteiger partial charge in [0.15, 0.2) is 5.78 Å². The minimum atomic E-state index is -1.02. The van der Waals surface area contributed by atoms with Gasteiger partial charge in [-0.05, 0) is 80.8 Å². The fraction of sp³-hybridized carbons (Fsp3) is 0.357. The van der Waals surface area contributed by atoms with Crippen molar-refractivity contribution >= 4 is 91.1 Å². The van der Waals surface area contributed by atoms with Crippen molar-refractivity contribution in [2.45, 2.75) is 19.9 Å². The third kappa shape index (κ3) is 4.98. The normalized spacial score (nSPS) is 13.2. The Morgan fingerprint density at radius 2 is 1.78 bits per heavy atom. The molecule has 0 aromatic heterocycles. The second-order valence-electron chi connectivity index (χ2n) is 4.79. The van der Waals surface area contributed by atoms with Gasteiger partial charge in [-0.25, -0.2) is 0 Å². The fourth-order valence-electron chi connectivity index (χ4n) is 1.83. The van der Waals surface area contributed by atoms with E-state index in [9.17, 15) is 14.4 Å². The number of amides is 1. The van der Waals surface area contributed by atoms with E-state index in [0.29, 0.717) is 18.4 Å². The van der Waals surface area contributed by atoms with Crippen molar-refractivity contribution in [1.82, 2.24) is 0 Å². The van der Waals surface area contributed by atoms with E-state index in [1.54, 1.807) is 13.0 Å². The quantitative estimate of drug-likeness (QED) is 0.289. The summed E-state index contributed by atoms with van der Waals surface area (Å²) in [5, 5.41) is 2.72. The number of nitrogens with two attached hydrogens (primary N) is 1. The molecule has 0 radical (unpaired) electrons. The number of hydrogen-bond acceptors (Lipinski definition) is 5. The summed E-state index contributed by atoms with van der Waals surface area (Å²) in [6, 6.07) is 0.770. The number of Topliss-reactive ketones (excluding diaryl/α,β-unsaturated/α-hetero) is 1. The summed E-state index contributed by atoms with van der Waals surface area (Å²) in [5.74, 6) is -1.89. The molecule has 0 fully saturated rings. The Hall–Kier alpha value is -0.0200. The average molecular weight is 656 g/mol. The molecule has 6 nitrogen and oxygen atoms in total. The van der Waals surface area contributed by atoms with Crippen LogP contribution < -0.4 is 11.1 Å². The summed E-state index contributed by atoms with van der Waals surface area (Å²) < 4.78 is 6.77. The molecule has 1 aromatic carbocycles. The van der Waals surface area contributed by atoms with Gasteiger partial charge in [0, 0.05) is 23.2 Å². The highest BCUT2D eigenvalue weighted by Gasteiger charge is 2.31. The number of carbonyl (C=O) groups is 3. The third-order valence-corrected chi connectivity index (χ3v) is 5.91. The maximum absolute atomic E-state index is 12.7. The molecule has 126 valence electrons. The van der Waals surface area contributed by atoms with Crippen LogP contribution in [0.2, 0.25) is 0 Å². The molecule has 1 amide bonds. The number of rotatable bonds is 5. The molecule has 0 bridgehead atoms. The molecule has 0 heterocycles. The Morgan fingerprint density at radius 3 is 2.26 bits per heavy atom. The van der Waals surface area contributed by atoms with Gasteiger partial charge in [-0.15, -0.1) is 0 Å². The Labute approximate surface area is 175 Å². The first-order valence-electron chi connectivity index (χ1n) is 6.44. The predicted molar refractivity (Wildman–Crippen MR) is 112 cm³/mol. The molecule has 2 unspecified atom stereocenters. The highest BCUT2D eigenvalue weighted by atomic mass is 127. The molecule has 0 aliphatic rings. The molecule has 9 heteroatoms. The maximum Gasteiger partial charge on any atom is 0.310 e. The molecule has 0 saturated carbocycles. The molecule has 0 saturated heterocycles. The number of hydrogen-bond donors (Lipinski definition) is 2. The zero-order valence-electron chi connectivity index (χ0n) is 12.6. The fourth-order valence-corrected chi connectivity index (χ4v) is 6.01. The van der Waals surface area contributed by atoms with Gasteiger partial charge in [-0.3, -0.25) is 14.4 Å². The average Bonchev–Trinajstić information content (AvgIpc) is 2.48. The first kappa shape index (κ1) is 21.0. The van der Waals surface area contributed by atoms with Crippen molar-refractivity contribution in [3.63, 3.8) is 0 Å². The van der Waals surface area contributed by atoms with E-state index in [4.69, 9.17) is 5.73 Å².